The Kier molecular flexibility index (Phi) is 8.06. The van der Waals surface area contributed by atoms with E-state index in [0.29, 0.717) is 23.4 Å². The maximum absolute atomic E-state index is 12.6. The second-order valence-corrected chi connectivity index (χ2v) is 8.71. The van der Waals surface area contributed by atoms with Gasteiger partial charge in [0.15, 0.2) is 0 Å². The molecule has 9 heteroatoms. The molecular formula is C24H24N4O4S. The molecule has 3 aromatic carbocycles. The molecule has 0 aromatic heterocycles. The first-order chi connectivity index (χ1) is 15.8. The Hall–Kier alpha value is -3.82. The number of primary sulfonamides is 1. The SMILES string of the molecule is NS(=O)(=O)c1ccc(CN=C(CCNC(=O)c2ccccc2)NC(=O)c2ccccc2)cc1. The van der Waals surface area contributed by atoms with Crippen molar-refractivity contribution >= 4 is 27.7 Å². The van der Waals surface area contributed by atoms with Crippen LogP contribution < -0.4 is 15.8 Å². The summed E-state index contributed by atoms with van der Waals surface area (Å²) in [6.45, 7) is 0.480. The molecular weight excluding hydrogens is 440 g/mol. The quantitative estimate of drug-likeness (QED) is 0.349. The first kappa shape index (κ1) is 23.8. The third kappa shape index (κ3) is 7.37. The van der Waals surface area contributed by atoms with E-state index in [1.165, 1.54) is 12.1 Å². The Morgan fingerprint density at radius 2 is 1.33 bits per heavy atom. The predicted molar refractivity (Wildman–Crippen MR) is 126 cm³/mol. The first-order valence-corrected chi connectivity index (χ1v) is 11.7. The Bertz CT molecular complexity index is 1230. The van der Waals surface area contributed by atoms with Gasteiger partial charge < -0.3 is 10.6 Å². The fourth-order valence-corrected chi connectivity index (χ4v) is 3.45. The summed E-state index contributed by atoms with van der Waals surface area (Å²) < 4.78 is 22.8. The van der Waals surface area contributed by atoms with Crippen LogP contribution in [0.4, 0.5) is 0 Å². The van der Waals surface area contributed by atoms with Crippen LogP contribution in [0.2, 0.25) is 0 Å². The maximum Gasteiger partial charge on any atom is 0.256 e. The van der Waals surface area contributed by atoms with Crippen molar-refractivity contribution in [1.82, 2.24) is 10.6 Å². The zero-order valence-electron chi connectivity index (χ0n) is 17.8. The number of carbonyl (C=O) groups is 2. The molecule has 0 fully saturated rings. The van der Waals surface area contributed by atoms with Crippen molar-refractivity contribution in [1.29, 1.82) is 0 Å². The van der Waals surface area contributed by atoms with Gasteiger partial charge in [0, 0.05) is 24.1 Å². The molecule has 33 heavy (non-hydrogen) atoms. The normalized spacial score (nSPS) is 11.6. The summed E-state index contributed by atoms with van der Waals surface area (Å²) in [5.41, 5.74) is 1.76. The molecule has 170 valence electrons. The largest absolute Gasteiger partial charge is 0.352 e. The van der Waals surface area contributed by atoms with Gasteiger partial charge in [-0.1, -0.05) is 48.5 Å². The smallest absolute Gasteiger partial charge is 0.256 e. The molecule has 0 unspecified atom stereocenters. The Morgan fingerprint density at radius 3 is 1.88 bits per heavy atom. The number of rotatable bonds is 8. The molecule has 0 atom stereocenters. The third-order valence-electron chi connectivity index (χ3n) is 4.68. The number of amidine groups is 1. The van der Waals surface area contributed by atoms with Crippen molar-refractivity contribution in [3.63, 3.8) is 0 Å². The molecule has 2 amide bonds. The summed E-state index contributed by atoms with van der Waals surface area (Å²) in [4.78, 5) is 29.3. The summed E-state index contributed by atoms with van der Waals surface area (Å²) in [7, 11) is -3.77. The molecule has 0 aliphatic carbocycles. The van der Waals surface area contributed by atoms with Crippen molar-refractivity contribution in [2.45, 2.75) is 17.9 Å². The van der Waals surface area contributed by atoms with Gasteiger partial charge in [0.2, 0.25) is 10.0 Å². The zero-order valence-corrected chi connectivity index (χ0v) is 18.6. The number of aliphatic imine (C=N–C) groups is 1. The van der Waals surface area contributed by atoms with Crippen LogP contribution in [0.15, 0.2) is 94.8 Å². The van der Waals surface area contributed by atoms with Crippen LogP contribution in [0.1, 0.15) is 32.7 Å². The molecule has 0 bridgehead atoms. The topological polar surface area (TPSA) is 131 Å². The molecule has 4 N–H and O–H groups in total. The van der Waals surface area contributed by atoms with E-state index >= 15 is 0 Å². The molecule has 0 aliphatic heterocycles. The zero-order chi connectivity index (χ0) is 23.7. The highest BCUT2D eigenvalue weighted by Crippen LogP contribution is 2.10. The lowest BCUT2D eigenvalue weighted by Crippen LogP contribution is -2.34. The van der Waals surface area contributed by atoms with Gasteiger partial charge in [-0.3, -0.25) is 14.6 Å². The number of amides is 2. The van der Waals surface area contributed by atoms with E-state index in [1.54, 1.807) is 60.7 Å². The first-order valence-electron chi connectivity index (χ1n) is 10.2. The maximum atomic E-state index is 12.6. The van der Waals surface area contributed by atoms with E-state index in [-0.39, 0.29) is 29.8 Å². The van der Waals surface area contributed by atoms with E-state index in [1.807, 2.05) is 12.1 Å². The van der Waals surface area contributed by atoms with Crippen LogP contribution in [0.5, 0.6) is 0 Å². The van der Waals surface area contributed by atoms with E-state index in [4.69, 9.17) is 5.14 Å². The molecule has 0 saturated heterocycles. The van der Waals surface area contributed by atoms with E-state index < -0.39 is 10.0 Å². The van der Waals surface area contributed by atoms with Crippen LogP contribution in [0.25, 0.3) is 0 Å². The number of nitrogens with zero attached hydrogens (tertiary/aromatic N) is 1. The van der Waals surface area contributed by atoms with E-state index in [0.717, 1.165) is 5.56 Å². The summed E-state index contributed by atoms with van der Waals surface area (Å²) in [5, 5.41) is 10.7. The lowest BCUT2D eigenvalue weighted by molar-refractivity contribution is 0.0954. The summed E-state index contributed by atoms with van der Waals surface area (Å²) in [6, 6.07) is 23.6. The average molecular weight is 465 g/mol. The second kappa shape index (κ2) is 11.2. The molecule has 8 nitrogen and oxygen atoms in total. The third-order valence-corrected chi connectivity index (χ3v) is 5.61. The van der Waals surface area contributed by atoms with Crippen LogP contribution in [-0.4, -0.2) is 32.6 Å². The minimum atomic E-state index is -3.77. The van der Waals surface area contributed by atoms with Gasteiger partial charge in [-0.25, -0.2) is 13.6 Å². The van der Waals surface area contributed by atoms with Gasteiger partial charge >= 0.3 is 0 Å². The number of sulfonamides is 1. The molecule has 0 aliphatic rings. The molecule has 0 heterocycles. The number of nitrogens with one attached hydrogen (secondary N) is 2. The van der Waals surface area contributed by atoms with Gasteiger partial charge in [-0.2, -0.15) is 0 Å². The fraction of sp³-hybridized carbons (Fsp3) is 0.125. The second-order valence-electron chi connectivity index (χ2n) is 7.14. The van der Waals surface area contributed by atoms with Crippen molar-refractivity contribution in [2.75, 3.05) is 6.54 Å². The number of carbonyl (C=O) groups excluding carboxylic acids is 2. The van der Waals surface area contributed by atoms with Crippen LogP contribution in [0.3, 0.4) is 0 Å². The molecule has 0 radical (unpaired) electrons. The van der Waals surface area contributed by atoms with Crippen molar-refractivity contribution in [2.24, 2.45) is 10.1 Å². The lowest BCUT2D eigenvalue weighted by Gasteiger charge is -2.11. The highest BCUT2D eigenvalue weighted by molar-refractivity contribution is 7.89. The predicted octanol–water partition coefficient (Wildman–Crippen LogP) is 2.48. The lowest BCUT2D eigenvalue weighted by atomic mass is 10.2. The van der Waals surface area contributed by atoms with Crippen molar-refractivity contribution in [3.8, 4) is 0 Å². The number of nitrogens with two attached hydrogens (primary N) is 1. The average Bonchev–Trinajstić information content (AvgIpc) is 2.83. The minimum Gasteiger partial charge on any atom is -0.352 e. The van der Waals surface area contributed by atoms with Gasteiger partial charge in [0.25, 0.3) is 11.8 Å². The molecule has 3 aromatic rings. The van der Waals surface area contributed by atoms with E-state index in [2.05, 4.69) is 15.6 Å². The van der Waals surface area contributed by atoms with Gasteiger partial charge in [0.1, 0.15) is 5.84 Å². The van der Waals surface area contributed by atoms with Gasteiger partial charge in [-0.05, 0) is 42.0 Å². The van der Waals surface area contributed by atoms with Crippen LogP contribution >= 0.6 is 0 Å². The molecule has 0 saturated carbocycles. The number of hydrogen-bond acceptors (Lipinski definition) is 5. The molecule has 0 spiro atoms. The number of benzene rings is 3. The van der Waals surface area contributed by atoms with Gasteiger partial charge in [-0.15, -0.1) is 0 Å². The fourth-order valence-electron chi connectivity index (χ4n) is 2.93. The summed E-state index contributed by atoms with van der Waals surface area (Å²) >= 11 is 0. The monoisotopic (exact) mass is 464 g/mol. The summed E-state index contributed by atoms with van der Waals surface area (Å²) in [6.07, 6.45) is 0.298. The standard InChI is InChI=1S/C24H24N4O4S/c25-33(31,32)21-13-11-18(12-14-21)17-27-22(28-24(30)20-9-5-2-6-10-20)15-16-26-23(29)19-7-3-1-4-8-19/h1-14H,15-17H2,(H,26,29)(H2,25,31,32)(H,27,28,30). The molecule has 3 rings (SSSR count). The highest BCUT2D eigenvalue weighted by Gasteiger charge is 2.11. The minimum absolute atomic E-state index is 0.0106. The summed E-state index contributed by atoms with van der Waals surface area (Å²) in [5.74, 6) is -0.135. The van der Waals surface area contributed by atoms with E-state index in [9.17, 15) is 18.0 Å². The van der Waals surface area contributed by atoms with Crippen LogP contribution in [-0.2, 0) is 16.6 Å². The van der Waals surface area contributed by atoms with Gasteiger partial charge in [0.05, 0.1) is 11.4 Å². The van der Waals surface area contributed by atoms with Crippen molar-refractivity contribution < 1.29 is 18.0 Å². The Labute approximate surface area is 192 Å². The van der Waals surface area contributed by atoms with Crippen LogP contribution in [0, 0.1) is 0 Å². The Morgan fingerprint density at radius 1 is 0.788 bits per heavy atom. The van der Waals surface area contributed by atoms with Crippen molar-refractivity contribution in [3.05, 3.63) is 102 Å². The highest BCUT2D eigenvalue weighted by atomic mass is 32.2. The Balaban J connectivity index is 1.68. The number of hydrogen-bond donors (Lipinski definition) is 3.